The van der Waals surface area contributed by atoms with Gasteiger partial charge in [0.1, 0.15) is 0 Å². The Morgan fingerprint density at radius 2 is 2.15 bits per heavy atom. The summed E-state index contributed by atoms with van der Waals surface area (Å²) >= 11 is 0. The first-order chi connectivity index (χ1) is 9.92. The van der Waals surface area contributed by atoms with Crippen molar-refractivity contribution in [1.29, 1.82) is 0 Å². The van der Waals surface area contributed by atoms with Gasteiger partial charge in [0.05, 0.1) is 37.8 Å². The highest BCUT2D eigenvalue weighted by Gasteiger charge is 2.15. The van der Waals surface area contributed by atoms with E-state index in [1.165, 1.54) is 11.3 Å². The van der Waals surface area contributed by atoms with E-state index in [2.05, 4.69) is 21.3 Å². The second-order valence-corrected chi connectivity index (χ2v) is 5.39. The number of pyridine rings is 1. The fraction of sp³-hybridized carbons (Fsp3) is 0.667. The molecule has 3 rings (SSSR count). The molecule has 5 heteroatoms. The SMILES string of the molecule is c1ncc(N2CCNCC2)cc1CCC1COCCO1. The molecule has 2 aliphatic heterocycles. The zero-order chi connectivity index (χ0) is 13.6. The van der Waals surface area contributed by atoms with Crippen LogP contribution in [0.2, 0.25) is 0 Å². The highest BCUT2D eigenvalue weighted by molar-refractivity contribution is 5.46. The van der Waals surface area contributed by atoms with Gasteiger partial charge in [-0.05, 0) is 24.5 Å². The van der Waals surface area contributed by atoms with Crippen molar-refractivity contribution in [1.82, 2.24) is 10.3 Å². The molecule has 2 aliphatic rings. The number of nitrogens with one attached hydrogen (secondary N) is 1. The largest absolute Gasteiger partial charge is 0.376 e. The van der Waals surface area contributed by atoms with E-state index in [0.717, 1.165) is 58.8 Å². The lowest BCUT2D eigenvalue weighted by Crippen LogP contribution is -2.43. The third kappa shape index (κ3) is 3.69. The van der Waals surface area contributed by atoms with Crippen LogP contribution in [0, 0.1) is 0 Å². The van der Waals surface area contributed by atoms with E-state index in [4.69, 9.17) is 9.47 Å². The summed E-state index contributed by atoms with van der Waals surface area (Å²) in [6.45, 7) is 6.41. The average molecular weight is 277 g/mol. The molecule has 1 aromatic rings. The van der Waals surface area contributed by atoms with Crippen LogP contribution in [0.5, 0.6) is 0 Å². The van der Waals surface area contributed by atoms with Gasteiger partial charge in [-0.3, -0.25) is 4.98 Å². The predicted octanol–water partition coefficient (Wildman–Crippen LogP) is 0.839. The van der Waals surface area contributed by atoms with Crippen LogP contribution in [0.15, 0.2) is 18.5 Å². The van der Waals surface area contributed by atoms with Crippen LogP contribution in [-0.4, -0.2) is 57.1 Å². The number of nitrogens with zero attached hydrogens (tertiary/aromatic N) is 2. The highest BCUT2D eigenvalue weighted by Crippen LogP contribution is 2.17. The number of hydrogen-bond acceptors (Lipinski definition) is 5. The Bertz CT molecular complexity index is 415. The van der Waals surface area contributed by atoms with E-state index in [1.54, 1.807) is 0 Å². The predicted molar refractivity (Wildman–Crippen MR) is 78.2 cm³/mol. The van der Waals surface area contributed by atoms with Gasteiger partial charge in [0.15, 0.2) is 0 Å². The molecule has 20 heavy (non-hydrogen) atoms. The molecule has 0 saturated carbocycles. The van der Waals surface area contributed by atoms with Gasteiger partial charge in [-0.1, -0.05) is 0 Å². The first kappa shape index (κ1) is 13.8. The van der Waals surface area contributed by atoms with Crippen molar-refractivity contribution in [2.75, 3.05) is 50.9 Å². The molecule has 1 N–H and O–H groups in total. The van der Waals surface area contributed by atoms with Crippen molar-refractivity contribution >= 4 is 5.69 Å². The quantitative estimate of drug-likeness (QED) is 0.883. The minimum atomic E-state index is 0.242. The van der Waals surface area contributed by atoms with Crippen LogP contribution >= 0.6 is 0 Å². The normalized spacial score (nSPS) is 23.8. The third-order valence-electron chi connectivity index (χ3n) is 3.90. The van der Waals surface area contributed by atoms with Crippen LogP contribution in [0.1, 0.15) is 12.0 Å². The van der Waals surface area contributed by atoms with E-state index < -0.39 is 0 Å². The van der Waals surface area contributed by atoms with E-state index in [0.29, 0.717) is 0 Å². The van der Waals surface area contributed by atoms with Gasteiger partial charge < -0.3 is 19.7 Å². The number of aryl methyl sites for hydroxylation is 1. The lowest BCUT2D eigenvalue weighted by atomic mass is 10.1. The second kappa shape index (κ2) is 7.02. The fourth-order valence-corrected chi connectivity index (χ4v) is 2.74. The number of anilines is 1. The molecule has 2 saturated heterocycles. The Morgan fingerprint density at radius 1 is 1.25 bits per heavy atom. The molecule has 3 heterocycles. The van der Waals surface area contributed by atoms with Gasteiger partial charge in [0.2, 0.25) is 0 Å². The smallest absolute Gasteiger partial charge is 0.0812 e. The Balaban J connectivity index is 1.56. The maximum absolute atomic E-state index is 5.68. The summed E-state index contributed by atoms with van der Waals surface area (Å²) in [6, 6.07) is 2.27. The second-order valence-electron chi connectivity index (χ2n) is 5.39. The van der Waals surface area contributed by atoms with E-state index in [9.17, 15) is 0 Å². The summed E-state index contributed by atoms with van der Waals surface area (Å²) in [5.74, 6) is 0. The summed E-state index contributed by atoms with van der Waals surface area (Å²) in [5.41, 5.74) is 2.53. The first-order valence-electron chi connectivity index (χ1n) is 7.51. The number of piperazine rings is 1. The van der Waals surface area contributed by atoms with Crippen LogP contribution in [0.3, 0.4) is 0 Å². The molecule has 1 unspecified atom stereocenters. The maximum atomic E-state index is 5.68. The van der Waals surface area contributed by atoms with E-state index >= 15 is 0 Å². The van der Waals surface area contributed by atoms with Gasteiger partial charge in [-0.2, -0.15) is 0 Å². The molecule has 1 aromatic heterocycles. The van der Waals surface area contributed by atoms with Crippen molar-refractivity contribution in [2.45, 2.75) is 18.9 Å². The van der Waals surface area contributed by atoms with Crippen molar-refractivity contribution in [3.63, 3.8) is 0 Å². The van der Waals surface area contributed by atoms with E-state index in [-0.39, 0.29) is 6.10 Å². The Labute approximate surface area is 120 Å². The molecule has 110 valence electrons. The molecule has 2 fully saturated rings. The molecule has 0 amide bonds. The Kier molecular flexibility index (Phi) is 4.84. The molecule has 0 aromatic carbocycles. The van der Waals surface area contributed by atoms with Crippen molar-refractivity contribution in [2.24, 2.45) is 0 Å². The topological polar surface area (TPSA) is 46.6 Å². The number of aromatic nitrogens is 1. The highest BCUT2D eigenvalue weighted by atomic mass is 16.6. The van der Waals surface area contributed by atoms with Crippen molar-refractivity contribution < 1.29 is 9.47 Å². The molecule has 5 nitrogen and oxygen atoms in total. The van der Waals surface area contributed by atoms with Gasteiger partial charge in [0, 0.05) is 32.4 Å². The first-order valence-corrected chi connectivity index (χ1v) is 7.51. The monoisotopic (exact) mass is 277 g/mol. The van der Waals surface area contributed by atoms with Crippen molar-refractivity contribution in [3.8, 4) is 0 Å². The van der Waals surface area contributed by atoms with E-state index in [1.807, 2.05) is 12.4 Å². The summed E-state index contributed by atoms with van der Waals surface area (Å²) in [4.78, 5) is 6.79. The summed E-state index contributed by atoms with van der Waals surface area (Å²) in [6.07, 6.45) is 6.18. The molecule has 1 atom stereocenters. The average Bonchev–Trinajstić information content (AvgIpc) is 2.55. The van der Waals surface area contributed by atoms with Crippen LogP contribution in [-0.2, 0) is 15.9 Å². The number of rotatable bonds is 4. The lowest BCUT2D eigenvalue weighted by Gasteiger charge is -2.29. The van der Waals surface area contributed by atoms with Gasteiger partial charge in [-0.15, -0.1) is 0 Å². The fourth-order valence-electron chi connectivity index (χ4n) is 2.74. The standard InChI is InChI=1S/C15H23N3O2/c1(2-15-12-19-7-8-20-15)13-9-14(11-17-10-13)18-5-3-16-4-6-18/h9-11,15-16H,1-8,12H2. The molecule has 0 radical (unpaired) electrons. The Hall–Kier alpha value is -1.17. The summed E-state index contributed by atoms with van der Waals surface area (Å²) < 4.78 is 11.1. The molecule has 0 bridgehead atoms. The number of hydrogen-bond donors (Lipinski definition) is 1. The van der Waals surface area contributed by atoms with Gasteiger partial charge >= 0.3 is 0 Å². The lowest BCUT2D eigenvalue weighted by molar-refractivity contribution is -0.0903. The zero-order valence-corrected chi connectivity index (χ0v) is 11.9. The molecular weight excluding hydrogens is 254 g/mol. The minimum Gasteiger partial charge on any atom is -0.376 e. The van der Waals surface area contributed by atoms with Crippen molar-refractivity contribution in [3.05, 3.63) is 24.0 Å². The minimum absolute atomic E-state index is 0.242. The van der Waals surface area contributed by atoms with Gasteiger partial charge in [0.25, 0.3) is 0 Å². The summed E-state index contributed by atoms with van der Waals surface area (Å²) in [7, 11) is 0. The maximum Gasteiger partial charge on any atom is 0.0812 e. The number of ether oxygens (including phenoxy) is 2. The van der Waals surface area contributed by atoms with Crippen LogP contribution in [0.4, 0.5) is 5.69 Å². The van der Waals surface area contributed by atoms with Crippen LogP contribution < -0.4 is 10.2 Å². The molecular formula is C15H23N3O2. The zero-order valence-electron chi connectivity index (χ0n) is 11.9. The van der Waals surface area contributed by atoms with Gasteiger partial charge in [-0.25, -0.2) is 0 Å². The summed E-state index contributed by atoms with van der Waals surface area (Å²) in [5, 5.41) is 3.37. The molecule has 0 aliphatic carbocycles. The Morgan fingerprint density at radius 3 is 2.95 bits per heavy atom. The van der Waals surface area contributed by atoms with Crippen LogP contribution in [0.25, 0.3) is 0 Å². The third-order valence-corrected chi connectivity index (χ3v) is 3.90. The molecule has 0 spiro atoms.